The second kappa shape index (κ2) is 31.2. The highest BCUT2D eigenvalue weighted by atomic mass is 32.2. The van der Waals surface area contributed by atoms with Gasteiger partial charge in [0.1, 0.15) is 29.6 Å². The molecule has 20 heteroatoms. The van der Waals surface area contributed by atoms with E-state index in [-0.39, 0.29) is 50.1 Å². The average Bonchev–Trinajstić information content (AvgIpc) is 3.97. The number of thiophene rings is 1. The molecule has 1 fully saturated rings. The zero-order valence-corrected chi connectivity index (χ0v) is 46.7. The highest BCUT2D eigenvalue weighted by Crippen LogP contribution is 2.29. The van der Waals surface area contributed by atoms with E-state index in [1.54, 1.807) is 43.9 Å². The molecule has 1 saturated heterocycles. The third-order valence-electron chi connectivity index (χ3n) is 11.5. The maximum Gasteiger partial charge on any atom is 0.303 e. The lowest BCUT2D eigenvalue weighted by molar-refractivity contribution is -0.137. The lowest BCUT2D eigenvalue weighted by Crippen LogP contribution is -2.54. The topological polar surface area (TPSA) is 267 Å². The predicted molar refractivity (Wildman–Crippen MR) is 298 cm³/mol. The van der Waals surface area contributed by atoms with Crippen LogP contribution in [0.2, 0.25) is 0 Å². The molecular weight excluding hydrogens is 1010 g/mol. The van der Waals surface area contributed by atoms with Gasteiger partial charge in [-0.15, -0.1) is 11.3 Å². The Morgan fingerprint density at radius 1 is 0.855 bits per heavy atom. The molecule has 0 radical (unpaired) electrons. The van der Waals surface area contributed by atoms with Gasteiger partial charge in [-0.25, -0.2) is 0 Å². The van der Waals surface area contributed by atoms with Crippen LogP contribution in [-0.4, -0.2) is 114 Å². The van der Waals surface area contributed by atoms with Crippen molar-refractivity contribution in [1.82, 2.24) is 31.5 Å². The number of nitrogens with one attached hydrogen (secondary N) is 5. The van der Waals surface area contributed by atoms with Crippen LogP contribution in [0.5, 0.6) is 5.75 Å². The summed E-state index contributed by atoms with van der Waals surface area (Å²) in [5.74, 6) is -3.22. The Balaban J connectivity index is 0.000000359. The zero-order valence-electron chi connectivity index (χ0n) is 45.1. The van der Waals surface area contributed by atoms with Crippen LogP contribution in [0.15, 0.2) is 90.3 Å². The number of hydrogen-bond acceptors (Lipinski definition) is 11. The summed E-state index contributed by atoms with van der Waals surface area (Å²) < 4.78 is 38.7. The Morgan fingerprint density at radius 2 is 1.49 bits per heavy atom. The van der Waals surface area contributed by atoms with Crippen LogP contribution < -0.4 is 31.3 Å². The number of nitrogens with zero attached hydrogens (tertiary/aromatic N) is 1. The van der Waals surface area contributed by atoms with Gasteiger partial charge in [-0.2, -0.15) is 8.42 Å². The van der Waals surface area contributed by atoms with Gasteiger partial charge < -0.3 is 41.3 Å². The first-order chi connectivity index (χ1) is 35.9. The Kier molecular flexibility index (Phi) is 26.0. The van der Waals surface area contributed by atoms with E-state index < -0.39 is 63.2 Å². The number of carboxylic acids is 1. The van der Waals surface area contributed by atoms with Gasteiger partial charge in [-0.1, -0.05) is 93.1 Å². The van der Waals surface area contributed by atoms with E-state index >= 15 is 0 Å². The fourth-order valence-corrected chi connectivity index (χ4v) is 9.44. The van der Waals surface area contributed by atoms with Crippen molar-refractivity contribution in [1.29, 1.82) is 0 Å². The third-order valence-corrected chi connectivity index (χ3v) is 13.3. The van der Waals surface area contributed by atoms with E-state index in [9.17, 15) is 42.0 Å². The summed E-state index contributed by atoms with van der Waals surface area (Å²) in [6, 6.07) is 23.2. The van der Waals surface area contributed by atoms with Crippen molar-refractivity contribution in [3.05, 3.63) is 113 Å². The molecule has 0 saturated carbocycles. The van der Waals surface area contributed by atoms with Gasteiger partial charge in [0.15, 0.2) is 0 Å². The van der Waals surface area contributed by atoms with Gasteiger partial charge in [-0.3, -0.25) is 38.1 Å². The van der Waals surface area contributed by atoms with E-state index in [4.69, 9.17) is 14.4 Å². The minimum absolute atomic E-state index is 0.0762. The van der Waals surface area contributed by atoms with Crippen molar-refractivity contribution in [2.75, 3.05) is 19.7 Å². The van der Waals surface area contributed by atoms with Crippen LogP contribution >= 0.6 is 11.3 Å². The third kappa shape index (κ3) is 21.8. The normalized spacial score (nSPS) is 14.1. The van der Waals surface area contributed by atoms with Gasteiger partial charge in [0.25, 0.3) is 16.0 Å². The lowest BCUT2D eigenvalue weighted by Gasteiger charge is -2.26. The first kappa shape index (κ1) is 63.4. The molecule has 1 aromatic heterocycles. The number of fused-ring (bicyclic) bond motifs is 2. The standard InChI is InChI=1S/C30H35N3O7S.C14H25N3O5.C9H8S.C3H8/c1-3-40-26-15-14-23-8-4-5-9-24(23)28(26)30(36)32-25(17-21-10-12-22(13-11-21)19-41(37,38)39)29(35)31-18-27(34)33-16-6-7-20(33)2;1-9(15-8-18)12(21)16-10(6-5-7-11(19)20)13(22)17-14(2,3)4;1-7-6-10-9-5-3-2-4-8(7)9;1-3-2/h4-5,8-15,20,25H,3,6-7,16-19H2,1-2H3,(H,31,35)(H,32,36)(H,37,38,39);8-10H,5-7H2,1-4H3,(H,15,18)(H,16,21)(H,17,22)(H,19,20);2-6H,1H3;3H2,1-2H3/t20?,25-;;;/m0.../s1. The first-order valence-electron chi connectivity index (χ1n) is 25.4. The van der Waals surface area contributed by atoms with Crippen LogP contribution in [-0.2, 0) is 51.1 Å². The smallest absolute Gasteiger partial charge is 0.303 e. The molecule has 5 aromatic rings. The number of carbonyl (C=O) groups excluding carboxylic acids is 6. The molecule has 76 heavy (non-hydrogen) atoms. The Hall–Kier alpha value is -6.90. The van der Waals surface area contributed by atoms with Crippen molar-refractivity contribution < 1.29 is 56.4 Å². The minimum Gasteiger partial charge on any atom is -0.493 e. The van der Waals surface area contributed by atoms with Crippen LogP contribution in [0.1, 0.15) is 121 Å². The number of aliphatic carboxylic acids is 1. The summed E-state index contributed by atoms with van der Waals surface area (Å²) in [5.41, 5.74) is 2.24. The van der Waals surface area contributed by atoms with E-state index in [1.807, 2.05) is 55.5 Å². The summed E-state index contributed by atoms with van der Waals surface area (Å²) >= 11 is 1.81. The maximum atomic E-state index is 13.7. The number of likely N-dealkylation sites (tertiary alicyclic amines) is 1. The average molecular weight is 1090 g/mol. The second-order valence-electron chi connectivity index (χ2n) is 19.4. The molecule has 7 N–H and O–H groups in total. The van der Waals surface area contributed by atoms with Crippen molar-refractivity contribution in [2.24, 2.45) is 0 Å². The van der Waals surface area contributed by atoms with E-state index in [2.05, 4.69) is 77.0 Å². The molecular formula is C56H76N6O12S2. The van der Waals surface area contributed by atoms with Crippen LogP contribution in [0.4, 0.5) is 0 Å². The molecule has 4 atom stereocenters. The molecule has 6 rings (SSSR count). The summed E-state index contributed by atoms with van der Waals surface area (Å²) in [4.78, 5) is 86.6. The monoisotopic (exact) mass is 1090 g/mol. The maximum absolute atomic E-state index is 13.7. The molecule has 0 aliphatic carbocycles. The molecule has 0 bridgehead atoms. The molecule has 0 spiro atoms. The van der Waals surface area contributed by atoms with Gasteiger partial charge in [-0.05, 0) is 125 Å². The number of hydrogen-bond donors (Lipinski definition) is 7. The summed E-state index contributed by atoms with van der Waals surface area (Å²) in [6.07, 6.45) is 3.93. The lowest BCUT2D eigenvalue weighted by atomic mass is 10.0. The number of carbonyl (C=O) groups is 7. The number of rotatable bonds is 20. The van der Waals surface area contributed by atoms with E-state index in [1.165, 1.54) is 41.1 Å². The van der Waals surface area contributed by atoms with Crippen LogP contribution in [0.25, 0.3) is 20.9 Å². The van der Waals surface area contributed by atoms with Gasteiger partial charge in [0.05, 0.1) is 18.7 Å². The number of carboxylic acid groups (broad SMARTS) is 1. The summed E-state index contributed by atoms with van der Waals surface area (Å²) in [5, 5.41) is 26.8. The van der Waals surface area contributed by atoms with Crippen LogP contribution in [0, 0.1) is 6.92 Å². The van der Waals surface area contributed by atoms with Crippen molar-refractivity contribution in [3.63, 3.8) is 0 Å². The fraction of sp³-hybridized carbons (Fsp3) is 0.446. The zero-order chi connectivity index (χ0) is 56.6. The van der Waals surface area contributed by atoms with E-state index in [0.717, 1.165) is 18.2 Å². The highest BCUT2D eigenvalue weighted by Gasteiger charge is 2.29. The largest absolute Gasteiger partial charge is 0.493 e. The summed E-state index contributed by atoms with van der Waals surface area (Å²) in [6.45, 7) is 17.9. The van der Waals surface area contributed by atoms with E-state index in [0.29, 0.717) is 47.4 Å². The predicted octanol–water partition coefficient (Wildman–Crippen LogP) is 7.50. The summed E-state index contributed by atoms with van der Waals surface area (Å²) in [7, 11) is -4.20. The Labute approximate surface area is 450 Å². The number of aryl methyl sites for hydroxylation is 1. The quantitative estimate of drug-likeness (QED) is 0.0295. The van der Waals surface area contributed by atoms with Gasteiger partial charge in [0, 0.05) is 35.7 Å². The molecule has 2 heterocycles. The molecule has 18 nitrogen and oxygen atoms in total. The van der Waals surface area contributed by atoms with Gasteiger partial charge in [0.2, 0.25) is 30.0 Å². The number of ether oxygens (including phenoxy) is 1. The number of amides is 6. The Bertz CT molecular complexity index is 2830. The van der Waals surface area contributed by atoms with Crippen LogP contribution in [0.3, 0.4) is 0 Å². The van der Waals surface area contributed by atoms with Gasteiger partial charge >= 0.3 is 5.97 Å². The molecule has 3 unspecified atom stereocenters. The molecule has 6 amide bonds. The fourth-order valence-electron chi connectivity index (χ4n) is 7.88. The minimum atomic E-state index is -4.20. The first-order valence-corrected chi connectivity index (χ1v) is 27.9. The molecule has 414 valence electrons. The molecule has 4 aromatic carbocycles. The Morgan fingerprint density at radius 3 is 2.07 bits per heavy atom. The number of benzene rings is 4. The SMILES string of the molecule is CC(NC=O)C(=O)NC(CCCC(=O)O)C(=O)NC(C)(C)C.CCC.CCOc1ccc2ccccc2c1C(=O)N[C@@H](Cc1ccc(CS(=O)(=O)O)cc1)C(=O)NCC(=O)N1CCCC1C.Cc1csc2ccccc12. The molecule has 1 aliphatic heterocycles. The van der Waals surface area contributed by atoms with Crippen molar-refractivity contribution in [2.45, 2.75) is 143 Å². The molecule has 1 aliphatic rings. The highest BCUT2D eigenvalue weighted by molar-refractivity contribution is 7.85. The van der Waals surface area contributed by atoms with Crippen molar-refractivity contribution in [3.8, 4) is 5.75 Å². The second-order valence-corrected chi connectivity index (χ2v) is 21.7. The van der Waals surface area contributed by atoms with Crippen molar-refractivity contribution >= 4 is 84.2 Å².